The van der Waals surface area contributed by atoms with Crippen LogP contribution >= 0.6 is 11.3 Å². The minimum Gasteiger partial charge on any atom is -0.385 e. The maximum atomic E-state index is 12.3. The van der Waals surface area contributed by atoms with E-state index in [4.69, 9.17) is 0 Å². The van der Waals surface area contributed by atoms with E-state index in [1.54, 1.807) is 32.1 Å². The van der Waals surface area contributed by atoms with Gasteiger partial charge in [0.25, 0.3) is 0 Å². The van der Waals surface area contributed by atoms with Crippen LogP contribution in [0.1, 0.15) is 46.5 Å². The van der Waals surface area contributed by atoms with E-state index >= 15 is 0 Å². The van der Waals surface area contributed by atoms with Crippen molar-refractivity contribution in [3.8, 4) is 10.4 Å². The Bertz CT molecular complexity index is 814. The summed E-state index contributed by atoms with van der Waals surface area (Å²) in [6.45, 7) is 6.18. The molecule has 2 N–H and O–H groups in total. The molecule has 3 rings (SSSR count). The number of hydrogen-bond donors (Lipinski definition) is 2. The molecule has 1 aromatic heterocycles. The summed E-state index contributed by atoms with van der Waals surface area (Å²) in [5.41, 5.74) is 2.40. The van der Waals surface area contributed by atoms with Gasteiger partial charge in [0.2, 0.25) is 10.0 Å². The van der Waals surface area contributed by atoms with Crippen LogP contribution in [0.4, 0.5) is 5.69 Å². The van der Waals surface area contributed by atoms with Gasteiger partial charge in [0.05, 0.1) is 4.75 Å². The monoisotopic (exact) mass is 406 g/mol. The molecule has 0 unspecified atom stereocenters. The van der Waals surface area contributed by atoms with Crippen LogP contribution in [0.15, 0.2) is 41.8 Å². The lowest BCUT2D eigenvalue weighted by Gasteiger charge is -2.31. The van der Waals surface area contributed by atoms with Crippen LogP contribution in [0.3, 0.4) is 0 Å². The number of thiophene rings is 1. The fourth-order valence-corrected chi connectivity index (χ4v) is 5.10. The molecule has 6 heteroatoms. The molecule has 1 aliphatic rings. The second kappa shape index (κ2) is 8.33. The minimum atomic E-state index is -3.26. The molecule has 0 atom stereocenters. The highest BCUT2D eigenvalue weighted by molar-refractivity contribution is 7.90. The van der Waals surface area contributed by atoms with Crippen molar-refractivity contribution in [2.45, 2.75) is 57.2 Å². The summed E-state index contributed by atoms with van der Waals surface area (Å²) in [6.07, 6.45) is 3.94. The molecule has 1 heterocycles. The average Bonchev–Trinajstić information content (AvgIpc) is 3.15. The van der Waals surface area contributed by atoms with Crippen LogP contribution in [0.25, 0.3) is 10.4 Å². The second-order valence-corrected chi connectivity index (χ2v) is 11.8. The van der Waals surface area contributed by atoms with Crippen LogP contribution in [0, 0.1) is 5.92 Å². The van der Waals surface area contributed by atoms with Gasteiger partial charge in [-0.25, -0.2) is 13.1 Å². The van der Waals surface area contributed by atoms with Crippen molar-refractivity contribution in [2.75, 3.05) is 11.9 Å². The van der Waals surface area contributed by atoms with E-state index in [0.717, 1.165) is 37.9 Å². The molecule has 0 aliphatic heterocycles. The fourth-order valence-electron chi connectivity index (χ4n) is 3.34. The fraction of sp³-hybridized carbons (Fsp3) is 0.524. The molecule has 4 nitrogen and oxygen atoms in total. The van der Waals surface area contributed by atoms with Crippen LogP contribution in [-0.2, 0) is 10.0 Å². The van der Waals surface area contributed by atoms with Crippen LogP contribution in [0.2, 0.25) is 0 Å². The van der Waals surface area contributed by atoms with Crippen molar-refractivity contribution in [2.24, 2.45) is 5.92 Å². The Hall–Kier alpha value is -1.37. The highest BCUT2D eigenvalue weighted by Crippen LogP contribution is 2.28. The second-order valence-electron chi connectivity index (χ2n) is 8.39. The molecule has 27 heavy (non-hydrogen) atoms. The number of rotatable bonds is 6. The summed E-state index contributed by atoms with van der Waals surface area (Å²) >= 11 is 1.75. The first-order chi connectivity index (χ1) is 12.7. The molecule has 0 radical (unpaired) electrons. The van der Waals surface area contributed by atoms with Gasteiger partial charge in [0.15, 0.2) is 0 Å². The SMILES string of the molecule is CC(C)(C)S(=O)(=O)NC1CCC(CNc2ccc(-c3cccs3)cc2)CC1. The summed E-state index contributed by atoms with van der Waals surface area (Å²) < 4.78 is 26.8. The largest absolute Gasteiger partial charge is 0.385 e. The average molecular weight is 407 g/mol. The van der Waals surface area contributed by atoms with Gasteiger partial charge in [-0.2, -0.15) is 0 Å². The Kier molecular flexibility index (Phi) is 6.28. The van der Waals surface area contributed by atoms with Gasteiger partial charge in [-0.05, 0) is 81.5 Å². The Morgan fingerprint density at radius 1 is 1.04 bits per heavy atom. The van der Waals surface area contributed by atoms with Gasteiger partial charge < -0.3 is 5.32 Å². The van der Waals surface area contributed by atoms with Crippen molar-refractivity contribution >= 4 is 27.0 Å². The first-order valence-electron chi connectivity index (χ1n) is 9.64. The first-order valence-corrected chi connectivity index (χ1v) is 12.0. The van der Waals surface area contributed by atoms with E-state index in [0.29, 0.717) is 5.92 Å². The van der Waals surface area contributed by atoms with Gasteiger partial charge in [-0.15, -0.1) is 11.3 Å². The van der Waals surface area contributed by atoms with Gasteiger partial charge in [0.1, 0.15) is 0 Å². The molecule has 2 aromatic rings. The van der Waals surface area contributed by atoms with E-state index in [1.807, 2.05) is 0 Å². The number of benzene rings is 1. The molecule has 1 saturated carbocycles. The molecule has 0 saturated heterocycles. The lowest BCUT2D eigenvalue weighted by atomic mass is 9.86. The Labute approximate surface area is 167 Å². The maximum absolute atomic E-state index is 12.3. The quantitative estimate of drug-likeness (QED) is 0.701. The Morgan fingerprint density at radius 3 is 2.26 bits per heavy atom. The highest BCUT2D eigenvalue weighted by atomic mass is 32.2. The molecule has 148 valence electrons. The topological polar surface area (TPSA) is 58.2 Å². The standard InChI is InChI=1S/C21H30N2O2S2/c1-21(2,3)27(24,25)23-19-10-6-16(7-11-19)15-22-18-12-8-17(9-13-18)20-5-4-14-26-20/h4-5,8-9,12-14,16,19,22-23H,6-7,10-11,15H2,1-3H3. The van der Waals surface area contributed by atoms with Crippen molar-refractivity contribution < 1.29 is 8.42 Å². The van der Waals surface area contributed by atoms with E-state index < -0.39 is 14.8 Å². The molecule has 0 spiro atoms. The smallest absolute Gasteiger partial charge is 0.216 e. The zero-order valence-corrected chi connectivity index (χ0v) is 18.0. The molecular weight excluding hydrogens is 376 g/mol. The third kappa shape index (κ3) is 5.33. The van der Waals surface area contributed by atoms with Gasteiger partial charge in [-0.3, -0.25) is 0 Å². The lowest BCUT2D eigenvalue weighted by Crippen LogP contribution is -2.46. The predicted molar refractivity (Wildman–Crippen MR) is 116 cm³/mol. The van der Waals surface area contributed by atoms with E-state index in [9.17, 15) is 8.42 Å². The molecular formula is C21H30N2O2S2. The van der Waals surface area contributed by atoms with Crippen LogP contribution in [0.5, 0.6) is 0 Å². The Balaban J connectivity index is 1.45. The lowest BCUT2D eigenvalue weighted by molar-refractivity contribution is 0.322. The molecule has 0 amide bonds. The minimum absolute atomic E-state index is 0.0792. The number of nitrogens with one attached hydrogen (secondary N) is 2. The molecule has 0 bridgehead atoms. The van der Waals surface area contributed by atoms with Gasteiger partial charge in [0, 0.05) is 23.2 Å². The summed E-state index contributed by atoms with van der Waals surface area (Å²) in [7, 11) is -3.26. The summed E-state index contributed by atoms with van der Waals surface area (Å²) in [4.78, 5) is 1.29. The number of hydrogen-bond acceptors (Lipinski definition) is 4. The first kappa shape index (κ1) is 20.4. The molecule has 1 fully saturated rings. The normalized spacial score (nSPS) is 21.1. The number of sulfonamides is 1. The van der Waals surface area contributed by atoms with Crippen molar-refractivity contribution in [3.05, 3.63) is 41.8 Å². The maximum Gasteiger partial charge on any atom is 0.216 e. The van der Waals surface area contributed by atoms with Gasteiger partial charge >= 0.3 is 0 Å². The predicted octanol–water partition coefficient (Wildman–Crippen LogP) is 5.10. The third-order valence-electron chi connectivity index (χ3n) is 5.26. The number of anilines is 1. The Morgan fingerprint density at radius 2 is 1.70 bits per heavy atom. The zero-order chi connectivity index (χ0) is 19.5. The molecule has 1 aromatic carbocycles. The van der Waals surface area contributed by atoms with Crippen molar-refractivity contribution in [1.82, 2.24) is 4.72 Å². The summed E-state index contributed by atoms with van der Waals surface area (Å²) in [6, 6.07) is 12.9. The highest BCUT2D eigenvalue weighted by Gasteiger charge is 2.32. The van der Waals surface area contributed by atoms with Crippen molar-refractivity contribution in [3.63, 3.8) is 0 Å². The molecule has 1 aliphatic carbocycles. The van der Waals surface area contributed by atoms with E-state index in [-0.39, 0.29) is 6.04 Å². The van der Waals surface area contributed by atoms with Crippen LogP contribution < -0.4 is 10.0 Å². The van der Waals surface area contributed by atoms with E-state index in [1.165, 1.54) is 10.4 Å². The van der Waals surface area contributed by atoms with Gasteiger partial charge in [-0.1, -0.05) is 18.2 Å². The zero-order valence-electron chi connectivity index (χ0n) is 16.4. The summed E-state index contributed by atoms with van der Waals surface area (Å²) in [5.74, 6) is 0.595. The van der Waals surface area contributed by atoms with E-state index in [2.05, 4.69) is 51.8 Å². The third-order valence-corrected chi connectivity index (χ3v) is 8.44. The summed E-state index contributed by atoms with van der Waals surface area (Å²) in [5, 5.41) is 5.64. The van der Waals surface area contributed by atoms with Crippen LogP contribution in [-0.4, -0.2) is 25.8 Å². The van der Waals surface area contributed by atoms with Crippen molar-refractivity contribution in [1.29, 1.82) is 0 Å².